The Balaban J connectivity index is 1.84. The van der Waals surface area contributed by atoms with Crippen molar-refractivity contribution in [1.82, 2.24) is 10.4 Å². The van der Waals surface area contributed by atoms with Gasteiger partial charge >= 0.3 is 0 Å². The molecule has 1 heterocycles. The lowest BCUT2D eigenvalue weighted by Crippen LogP contribution is -2.47. The summed E-state index contributed by atoms with van der Waals surface area (Å²) < 4.78 is 5.24. The maximum Gasteiger partial charge on any atom is 0.119 e. The van der Waals surface area contributed by atoms with Crippen molar-refractivity contribution >= 4 is 5.69 Å². The standard InChI is InChI=1S/C15H25N3O/c1-12-5-3-4-10-18(12)17-9-8-13-11-14(19-2)6-7-15(13)16/h6-7,11-12,17H,3-5,8-10,16H2,1-2H3. The second-order valence-electron chi connectivity index (χ2n) is 5.26. The molecular formula is C15H25N3O. The van der Waals surface area contributed by atoms with Crippen LogP contribution in [0.15, 0.2) is 18.2 Å². The number of hydrazine groups is 1. The third-order valence-corrected chi connectivity index (χ3v) is 3.86. The van der Waals surface area contributed by atoms with E-state index in [1.54, 1.807) is 7.11 Å². The smallest absolute Gasteiger partial charge is 0.119 e. The molecule has 1 aliphatic rings. The van der Waals surface area contributed by atoms with Gasteiger partial charge in [-0.15, -0.1) is 0 Å². The summed E-state index contributed by atoms with van der Waals surface area (Å²) >= 11 is 0. The summed E-state index contributed by atoms with van der Waals surface area (Å²) in [6.07, 6.45) is 4.85. The first-order valence-corrected chi connectivity index (χ1v) is 7.13. The van der Waals surface area contributed by atoms with Crippen LogP contribution >= 0.6 is 0 Å². The predicted octanol–water partition coefficient (Wildman–Crippen LogP) is 2.20. The van der Waals surface area contributed by atoms with E-state index in [0.29, 0.717) is 6.04 Å². The molecule has 1 unspecified atom stereocenters. The lowest BCUT2D eigenvalue weighted by molar-refractivity contribution is 0.0975. The van der Waals surface area contributed by atoms with E-state index in [1.807, 2.05) is 18.2 Å². The summed E-state index contributed by atoms with van der Waals surface area (Å²) in [6, 6.07) is 6.48. The molecule has 1 aromatic rings. The van der Waals surface area contributed by atoms with Crippen molar-refractivity contribution in [3.8, 4) is 5.75 Å². The number of nitrogens with one attached hydrogen (secondary N) is 1. The lowest BCUT2D eigenvalue weighted by Gasteiger charge is -2.33. The molecule has 3 N–H and O–H groups in total. The molecule has 19 heavy (non-hydrogen) atoms. The zero-order chi connectivity index (χ0) is 13.7. The number of hydrogen-bond donors (Lipinski definition) is 2. The molecule has 0 saturated carbocycles. The van der Waals surface area contributed by atoms with Gasteiger partial charge in [0.15, 0.2) is 0 Å². The molecule has 1 fully saturated rings. The van der Waals surface area contributed by atoms with Gasteiger partial charge in [0.2, 0.25) is 0 Å². The number of nitrogen functional groups attached to an aromatic ring is 1. The van der Waals surface area contributed by atoms with Crippen LogP contribution in [0, 0.1) is 0 Å². The van der Waals surface area contributed by atoms with Crippen molar-refractivity contribution in [2.75, 3.05) is 25.9 Å². The molecule has 4 heteroatoms. The highest BCUT2D eigenvalue weighted by Gasteiger charge is 2.17. The van der Waals surface area contributed by atoms with Crippen molar-refractivity contribution in [3.05, 3.63) is 23.8 Å². The molecule has 4 nitrogen and oxygen atoms in total. The van der Waals surface area contributed by atoms with Gasteiger partial charge in [0.05, 0.1) is 7.11 Å². The van der Waals surface area contributed by atoms with Crippen molar-refractivity contribution in [2.24, 2.45) is 0 Å². The van der Waals surface area contributed by atoms with Gasteiger partial charge in [0, 0.05) is 24.8 Å². The van der Waals surface area contributed by atoms with Gasteiger partial charge in [-0.25, -0.2) is 5.01 Å². The Kier molecular flexibility index (Phi) is 5.05. The van der Waals surface area contributed by atoms with Crippen LogP contribution in [0.5, 0.6) is 5.75 Å². The second kappa shape index (κ2) is 6.78. The third kappa shape index (κ3) is 3.85. The van der Waals surface area contributed by atoms with Gasteiger partial charge in [-0.05, 0) is 49.9 Å². The van der Waals surface area contributed by atoms with Crippen LogP contribution in [-0.4, -0.2) is 31.3 Å². The molecule has 2 rings (SSSR count). The van der Waals surface area contributed by atoms with E-state index < -0.39 is 0 Å². The highest BCUT2D eigenvalue weighted by atomic mass is 16.5. The number of ether oxygens (including phenoxy) is 1. The van der Waals surface area contributed by atoms with E-state index in [1.165, 1.54) is 19.3 Å². The normalized spacial score (nSPS) is 20.4. The second-order valence-corrected chi connectivity index (χ2v) is 5.26. The first kappa shape index (κ1) is 14.2. The van der Waals surface area contributed by atoms with E-state index in [-0.39, 0.29) is 0 Å². The fraction of sp³-hybridized carbons (Fsp3) is 0.600. The molecular weight excluding hydrogens is 238 g/mol. The van der Waals surface area contributed by atoms with E-state index >= 15 is 0 Å². The first-order valence-electron chi connectivity index (χ1n) is 7.13. The lowest BCUT2D eigenvalue weighted by atomic mass is 10.1. The average Bonchev–Trinajstić information content (AvgIpc) is 2.43. The fourth-order valence-corrected chi connectivity index (χ4v) is 2.59. The SMILES string of the molecule is COc1ccc(N)c(CCNN2CCCCC2C)c1. The summed E-state index contributed by atoms with van der Waals surface area (Å²) in [4.78, 5) is 0. The Labute approximate surface area is 115 Å². The van der Waals surface area contributed by atoms with Crippen LogP contribution in [0.4, 0.5) is 5.69 Å². The van der Waals surface area contributed by atoms with Gasteiger partial charge in [-0.3, -0.25) is 5.43 Å². The molecule has 1 aromatic carbocycles. The zero-order valence-electron chi connectivity index (χ0n) is 12.0. The first-order chi connectivity index (χ1) is 9.20. The van der Waals surface area contributed by atoms with Crippen molar-refractivity contribution in [3.63, 3.8) is 0 Å². The zero-order valence-corrected chi connectivity index (χ0v) is 12.0. The Hall–Kier alpha value is -1.26. The highest BCUT2D eigenvalue weighted by Crippen LogP contribution is 2.20. The number of methoxy groups -OCH3 is 1. The molecule has 0 amide bonds. The van der Waals surface area contributed by atoms with Crippen molar-refractivity contribution in [1.29, 1.82) is 0 Å². The monoisotopic (exact) mass is 263 g/mol. The average molecular weight is 263 g/mol. The number of rotatable bonds is 5. The number of nitrogens with zero attached hydrogens (tertiary/aromatic N) is 1. The van der Waals surface area contributed by atoms with Gasteiger partial charge in [-0.1, -0.05) is 6.42 Å². The summed E-state index contributed by atoms with van der Waals surface area (Å²) in [6.45, 7) is 4.35. The molecule has 106 valence electrons. The minimum Gasteiger partial charge on any atom is -0.497 e. The van der Waals surface area contributed by atoms with Crippen molar-refractivity contribution < 1.29 is 4.74 Å². The maximum absolute atomic E-state index is 5.99. The molecule has 1 aliphatic heterocycles. The van der Waals surface area contributed by atoms with Gasteiger partial charge in [0.1, 0.15) is 5.75 Å². The molecule has 0 aliphatic carbocycles. The Morgan fingerprint density at radius 1 is 1.42 bits per heavy atom. The summed E-state index contributed by atoms with van der Waals surface area (Å²) in [5, 5.41) is 2.36. The third-order valence-electron chi connectivity index (χ3n) is 3.86. The molecule has 1 saturated heterocycles. The Morgan fingerprint density at radius 3 is 3.00 bits per heavy atom. The molecule has 0 aromatic heterocycles. The fourth-order valence-electron chi connectivity index (χ4n) is 2.59. The van der Waals surface area contributed by atoms with Crippen molar-refractivity contribution in [2.45, 2.75) is 38.6 Å². The minimum absolute atomic E-state index is 0.636. The Morgan fingerprint density at radius 2 is 2.26 bits per heavy atom. The van der Waals surface area contributed by atoms with Crippen LogP contribution in [0.25, 0.3) is 0 Å². The molecule has 0 bridgehead atoms. The topological polar surface area (TPSA) is 50.5 Å². The Bertz CT molecular complexity index is 408. The highest BCUT2D eigenvalue weighted by molar-refractivity contribution is 5.50. The summed E-state index contributed by atoms with van der Waals surface area (Å²) in [5.41, 5.74) is 11.5. The quantitative estimate of drug-likeness (QED) is 0.800. The summed E-state index contributed by atoms with van der Waals surface area (Å²) in [7, 11) is 1.68. The van der Waals surface area contributed by atoms with E-state index in [0.717, 1.165) is 36.5 Å². The molecule has 0 radical (unpaired) electrons. The minimum atomic E-state index is 0.636. The van der Waals surface area contributed by atoms with Gasteiger partial charge < -0.3 is 10.5 Å². The largest absolute Gasteiger partial charge is 0.497 e. The number of benzene rings is 1. The van der Waals surface area contributed by atoms with E-state index in [9.17, 15) is 0 Å². The van der Waals surface area contributed by atoms with Crippen LogP contribution in [0.1, 0.15) is 31.7 Å². The molecule has 0 spiro atoms. The molecule has 1 atom stereocenters. The number of piperidine rings is 1. The van der Waals surface area contributed by atoms with Gasteiger partial charge in [0.25, 0.3) is 0 Å². The maximum atomic E-state index is 5.99. The van der Waals surface area contributed by atoms with Crippen LogP contribution in [0.2, 0.25) is 0 Å². The van der Waals surface area contributed by atoms with Crippen LogP contribution in [-0.2, 0) is 6.42 Å². The number of hydrogen-bond acceptors (Lipinski definition) is 4. The van der Waals surface area contributed by atoms with E-state index in [4.69, 9.17) is 10.5 Å². The predicted molar refractivity (Wildman–Crippen MR) is 79.1 cm³/mol. The number of nitrogens with two attached hydrogens (primary N) is 1. The van der Waals surface area contributed by atoms with Crippen LogP contribution < -0.4 is 15.9 Å². The summed E-state index contributed by atoms with van der Waals surface area (Å²) in [5.74, 6) is 0.871. The van der Waals surface area contributed by atoms with Gasteiger partial charge in [-0.2, -0.15) is 0 Å². The van der Waals surface area contributed by atoms with Crippen LogP contribution in [0.3, 0.4) is 0 Å². The van der Waals surface area contributed by atoms with E-state index in [2.05, 4.69) is 17.4 Å². The number of anilines is 1.